The predicted molar refractivity (Wildman–Crippen MR) is 59.3 cm³/mol. The van der Waals surface area contributed by atoms with E-state index in [9.17, 15) is 0 Å². The van der Waals surface area contributed by atoms with Crippen molar-refractivity contribution in [3.63, 3.8) is 0 Å². The number of rotatable bonds is 1. The van der Waals surface area contributed by atoms with Crippen LogP contribution in [0.3, 0.4) is 0 Å². The molecular weight excluding hydrogens is 172 g/mol. The summed E-state index contributed by atoms with van der Waals surface area (Å²) in [5.74, 6) is 1.84. The van der Waals surface area contributed by atoms with Crippen LogP contribution in [0.25, 0.3) is 0 Å². The molecule has 0 aromatic heterocycles. The third kappa shape index (κ3) is 2.13. The summed E-state index contributed by atoms with van der Waals surface area (Å²) in [7, 11) is 0. The molecule has 0 bridgehead atoms. The van der Waals surface area contributed by atoms with Crippen molar-refractivity contribution in [2.75, 3.05) is 6.61 Å². The Bertz CT molecular complexity index is 170. The van der Waals surface area contributed by atoms with Crippen molar-refractivity contribution in [2.45, 2.75) is 64.4 Å². The molecule has 1 aliphatic heterocycles. The molecule has 1 heteroatoms. The van der Waals surface area contributed by atoms with Gasteiger partial charge < -0.3 is 4.74 Å². The lowest BCUT2D eigenvalue weighted by atomic mass is 9.72. The highest BCUT2D eigenvalue weighted by molar-refractivity contribution is 4.89. The minimum absolute atomic E-state index is 0.323. The van der Waals surface area contributed by atoms with E-state index in [1.54, 1.807) is 0 Å². The van der Waals surface area contributed by atoms with Gasteiger partial charge in [-0.2, -0.15) is 0 Å². The number of hydrogen-bond acceptors (Lipinski definition) is 1. The van der Waals surface area contributed by atoms with Crippen molar-refractivity contribution in [2.24, 2.45) is 11.8 Å². The van der Waals surface area contributed by atoms with E-state index in [0.29, 0.717) is 5.60 Å². The minimum Gasteiger partial charge on any atom is -0.375 e. The van der Waals surface area contributed by atoms with Gasteiger partial charge in [0.15, 0.2) is 0 Å². The van der Waals surface area contributed by atoms with Crippen LogP contribution in [0.15, 0.2) is 0 Å². The molecule has 2 aliphatic rings. The number of hydrogen-bond donors (Lipinski definition) is 0. The molecule has 1 nitrogen and oxygen atoms in total. The summed E-state index contributed by atoms with van der Waals surface area (Å²) >= 11 is 0. The van der Waals surface area contributed by atoms with Crippen molar-refractivity contribution in [3.05, 3.63) is 0 Å². The molecule has 1 aliphatic carbocycles. The summed E-state index contributed by atoms with van der Waals surface area (Å²) in [4.78, 5) is 0. The molecule has 0 atom stereocenters. The van der Waals surface area contributed by atoms with Crippen molar-refractivity contribution in [1.82, 2.24) is 0 Å². The normalized spacial score (nSPS) is 39.2. The first-order chi connectivity index (χ1) is 6.72. The first kappa shape index (κ1) is 10.5. The average Bonchev–Trinajstić information content (AvgIpc) is 2.19. The highest BCUT2D eigenvalue weighted by Gasteiger charge is 2.37. The van der Waals surface area contributed by atoms with Gasteiger partial charge in [-0.25, -0.2) is 0 Å². The van der Waals surface area contributed by atoms with E-state index in [-0.39, 0.29) is 0 Å². The second kappa shape index (κ2) is 4.22. The van der Waals surface area contributed by atoms with Gasteiger partial charge in [0.1, 0.15) is 0 Å². The van der Waals surface area contributed by atoms with Crippen LogP contribution in [0.1, 0.15) is 58.8 Å². The Labute approximate surface area is 88.2 Å². The van der Waals surface area contributed by atoms with Crippen molar-refractivity contribution >= 4 is 0 Å². The summed E-state index contributed by atoms with van der Waals surface area (Å²) in [6, 6.07) is 0. The van der Waals surface area contributed by atoms with Gasteiger partial charge in [-0.05, 0) is 56.8 Å². The summed E-state index contributed by atoms with van der Waals surface area (Å²) in [5, 5.41) is 0. The van der Waals surface area contributed by atoms with Gasteiger partial charge in [0.2, 0.25) is 0 Å². The standard InChI is InChI=1S/C13H24O/c1-11(2)12-5-8-13(9-6-12)7-3-4-10-14-13/h11-12H,3-10H2,1-2H3/t12-,13-. The van der Waals surface area contributed by atoms with Crippen LogP contribution >= 0.6 is 0 Å². The summed E-state index contributed by atoms with van der Waals surface area (Å²) in [6.07, 6.45) is 9.47. The zero-order valence-corrected chi connectivity index (χ0v) is 9.72. The maximum absolute atomic E-state index is 6.03. The Kier molecular flexibility index (Phi) is 3.16. The Morgan fingerprint density at radius 1 is 1.07 bits per heavy atom. The van der Waals surface area contributed by atoms with E-state index in [4.69, 9.17) is 4.74 Å². The fourth-order valence-electron chi connectivity index (χ4n) is 3.14. The van der Waals surface area contributed by atoms with Gasteiger partial charge in [-0.1, -0.05) is 13.8 Å². The first-order valence-electron chi connectivity index (χ1n) is 6.36. The van der Waals surface area contributed by atoms with Crippen LogP contribution < -0.4 is 0 Å². The molecular formula is C13H24O. The molecule has 1 saturated carbocycles. The van der Waals surface area contributed by atoms with E-state index in [0.717, 1.165) is 18.4 Å². The third-order valence-corrected chi connectivity index (χ3v) is 4.32. The third-order valence-electron chi connectivity index (χ3n) is 4.32. The van der Waals surface area contributed by atoms with Crippen molar-refractivity contribution < 1.29 is 4.74 Å². The van der Waals surface area contributed by atoms with Crippen LogP contribution in [0.5, 0.6) is 0 Å². The summed E-state index contributed by atoms with van der Waals surface area (Å²) in [6.45, 7) is 5.75. The lowest BCUT2D eigenvalue weighted by molar-refractivity contribution is -0.109. The number of ether oxygens (including phenoxy) is 1. The maximum Gasteiger partial charge on any atom is 0.0682 e. The van der Waals surface area contributed by atoms with Crippen LogP contribution in [-0.4, -0.2) is 12.2 Å². The molecule has 82 valence electrons. The SMILES string of the molecule is CC(C)[C@H]1CC[C@@]2(CCCCO2)CC1. The van der Waals surface area contributed by atoms with Crippen LogP contribution in [0, 0.1) is 11.8 Å². The molecule has 0 N–H and O–H groups in total. The lowest BCUT2D eigenvalue weighted by Crippen LogP contribution is -2.40. The predicted octanol–water partition coefficient (Wildman–Crippen LogP) is 3.77. The first-order valence-corrected chi connectivity index (χ1v) is 6.36. The van der Waals surface area contributed by atoms with Gasteiger partial charge in [-0.3, -0.25) is 0 Å². The van der Waals surface area contributed by atoms with Crippen LogP contribution in [0.4, 0.5) is 0 Å². The van der Waals surface area contributed by atoms with Gasteiger partial charge >= 0.3 is 0 Å². The second-order valence-corrected chi connectivity index (χ2v) is 5.57. The molecule has 1 heterocycles. The van der Waals surface area contributed by atoms with Gasteiger partial charge in [0.25, 0.3) is 0 Å². The highest BCUT2D eigenvalue weighted by Crippen LogP contribution is 2.42. The monoisotopic (exact) mass is 196 g/mol. The molecule has 2 rings (SSSR count). The Morgan fingerprint density at radius 3 is 2.29 bits per heavy atom. The molecule has 0 aromatic carbocycles. The molecule has 2 fully saturated rings. The smallest absolute Gasteiger partial charge is 0.0682 e. The van der Waals surface area contributed by atoms with Gasteiger partial charge in [0.05, 0.1) is 5.60 Å². The van der Waals surface area contributed by atoms with Gasteiger partial charge in [-0.15, -0.1) is 0 Å². The quantitative estimate of drug-likeness (QED) is 0.620. The molecule has 1 spiro atoms. The van der Waals surface area contributed by atoms with Crippen LogP contribution in [0.2, 0.25) is 0 Å². The van der Waals surface area contributed by atoms with Crippen molar-refractivity contribution in [1.29, 1.82) is 0 Å². The molecule has 14 heavy (non-hydrogen) atoms. The Morgan fingerprint density at radius 2 is 1.79 bits per heavy atom. The summed E-state index contributed by atoms with van der Waals surface area (Å²) in [5.41, 5.74) is 0.323. The maximum atomic E-state index is 6.03. The zero-order chi connectivity index (χ0) is 10.0. The second-order valence-electron chi connectivity index (χ2n) is 5.57. The highest BCUT2D eigenvalue weighted by atomic mass is 16.5. The minimum atomic E-state index is 0.323. The molecule has 0 aromatic rings. The van der Waals surface area contributed by atoms with E-state index >= 15 is 0 Å². The summed E-state index contributed by atoms with van der Waals surface area (Å²) < 4.78 is 6.03. The largest absolute Gasteiger partial charge is 0.375 e. The molecule has 1 saturated heterocycles. The Hall–Kier alpha value is -0.0400. The topological polar surface area (TPSA) is 9.23 Å². The van der Waals surface area contributed by atoms with E-state index in [1.165, 1.54) is 44.9 Å². The average molecular weight is 196 g/mol. The van der Waals surface area contributed by atoms with E-state index < -0.39 is 0 Å². The van der Waals surface area contributed by atoms with Gasteiger partial charge in [0, 0.05) is 6.61 Å². The molecule has 0 radical (unpaired) electrons. The lowest BCUT2D eigenvalue weighted by Gasteiger charge is -2.43. The van der Waals surface area contributed by atoms with E-state index in [1.807, 2.05) is 0 Å². The van der Waals surface area contributed by atoms with Crippen molar-refractivity contribution in [3.8, 4) is 0 Å². The van der Waals surface area contributed by atoms with E-state index in [2.05, 4.69) is 13.8 Å². The Balaban J connectivity index is 1.87. The molecule has 0 amide bonds. The molecule has 0 unspecified atom stereocenters. The zero-order valence-electron chi connectivity index (χ0n) is 9.72. The fourth-order valence-corrected chi connectivity index (χ4v) is 3.14. The van der Waals surface area contributed by atoms with Crippen LogP contribution in [-0.2, 0) is 4.74 Å². The fraction of sp³-hybridized carbons (Fsp3) is 1.00.